The Morgan fingerprint density at radius 1 is 1.40 bits per heavy atom. The van der Waals surface area contributed by atoms with Crippen molar-refractivity contribution >= 4 is 23.2 Å². The SMILES string of the molecule is CC(O)C(Nc1ncc([N+](=O)[O-])cc1[N+](=O)[O-])C(=O)[O-]. The van der Waals surface area contributed by atoms with Gasteiger partial charge in [0.15, 0.2) is 0 Å². The summed E-state index contributed by atoms with van der Waals surface area (Å²) in [6.07, 6.45) is -0.694. The fraction of sp³-hybridized carbons (Fsp3) is 0.333. The third kappa shape index (κ3) is 3.35. The number of nitro groups is 2. The van der Waals surface area contributed by atoms with E-state index in [-0.39, 0.29) is 0 Å². The first kappa shape index (κ1) is 15.2. The smallest absolute Gasteiger partial charge is 0.318 e. The molecule has 1 aromatic heterocycles. The average Bonchev–Trinajstić information content (AvgIpc) is 2.34. The van der Waals surface area contributed by atoms with Gasteiger partial charge in [0.2, 0.25) is 5.82 Å². The molecule has 2 N–H and O–H groups in total. The van der Waals surface area contributed by atoms with Crippen LogP contribution in [0.25, 0.3) is 0 Å². The zero-order valence-corrected chi connectivity index (χ0v) is 10.0. The number of nitrogens with one attached hydrogen (secondary N) is 1. The number of aromatic nitrogens is 1. The van der Waals surface area contributed by atoms with Gasteiger partial charge in [0.05, 0.1) is 34.0 Å². The predicted octanol–water partition coefficient (Wildman–Crippen LogP) is -1.19. The monoisotopic (exact) mass is 285 g/mol. The molecule has 0 saturated heterocycles. The van der Waals surface area contributed by atoms with Crippen LogP contribution in [0.3, 0.4) is 0 Å². The van der Waals surface area contributed by atoms with Gasteiger partial charge in [-0.25, -0.2) is 4.98 Å². The minimum Gasteiger partial charge on any atom is -0.548 e. The summed E-state index contributed by atoms with van der Waals surface area (Å²) < 4.78 is 0. The van der Waals surface area contributed by atoms with Crippen LogP contribution < -0.4 is 10.4 Å². The second kappa shape index (κ2) is 5.88. The summed E-state index contributed by atoms with van der Waals surface area (Å²) in [7, 11) is 0. The van der Waals surface area contributed by atoms with Crippen molar-refractivity contribution in [1.29, 1.82) is 0 Å². The van der Waals surface area contributed by atoms with Crippen molar-refractivity contribution in [1.82, 2.24) is 4.98 Å². The maximum absolute atomic E-state index is 10.8. The van der Waals surface area contributed by atoms with E-state index < -0.39 is 45.2 Å². The second-order valence-electron chi connectivity index (χ2n) is 3.76. The van der Waals surface area contributed by atoms with Crippen molar-refractivity contribution in [3.05, 3.63) is 32.5 Å². The highest BCUT2D eigenvalue weighted by atomic mass is 16.6. The number of rotatable bonds is 6. The molecule has 0 aliphatic heterocycles. The summed E-state index contributed by atoms with van der Waals surface area (Å²) in [6.45, 7) is 1.13. The number of carboxylic acid groups (broad SMARTS) is 1. The van der Waals surface area contributed by atoms with Crippen molar-refractivity contribution in [3.63, 3.8) is 0 Å². The van der Waals surface area contributed by atoms with E-state index in [1.54, 1.807) is 0 Å². The number of carbonyl (C=O) groups is 1. The van der Waals surface area contributed by atoms with Crippen LogP contribution in [-0.2, 0) is 4.79 Å². The molecule has 11 heteroatoms. The summed E-state index contributed by atoms with van der Waals surface area (Å²) in [4.78, 5) is 33.6. The van der Waals surface area contributed by atoms with E-state index in [2.05, 4.69) is 10.3 Å². The third-order valence-electron chi connectivity index (χ3n) is 2.29. The molecule has 0 amide bonds. The number of nitrogens with zero attached hydrogens (tertiary/aromatic N) is 3. The first-order chi connectivity index (χ1) is 9.23. The number of carboxylic acids is 1. The number of pyridine rings is 1. The Labute approximate surface area is 111 Å². The van der Waals surface area contributed by atoms with Crippen molar-refractivity contribution in [2.45, 2.75) is 19.1 Å². The van der Waals surface area contributed by atoms with Gasteiger partial charge in [-0.2, -0.15) is 0 Å². The maximum atomic E-state index is 10.8. The van der Waals surface area contributed by atoms with Gasteiger partial charge in [-0.1, -0.05) is 0 Å². The molecule has 0 spiro atoms. The molecular formula is C9H9N4O7-. The van der Waals surface area contributed by atoms with E-state index in [1.807, 2.05) is 0 Å². The Balaban J connectivity index is 3.20. The fourth-order valence-corrected chi connectivity index (χ4v) is 1.32. The van der Waals surface area contributed by atoms with Gasteiger partial charge in [0.1, 0.15) is 6.20 Å². The molecule has 2 unspecified atom stereocenters. The molecule has 0 bridgehead atoms. The van der Waals surface area contributed by atoms with Crippen molar-refractivity contribution in [2.75, 3.05) is 5.32 Å². The molecule has 1 heterocycles. The predicted molar refractivity (Wildman–Crippen MR) is 61.6 cm³/mol. The number of hydrogen-bond donors (Lipinski definition) is 2. The molecule has 11 nitrogen and oxygen atoms in total. The molecule has 1 aromatic rings. The molecule has 0 saturated carbocycles. The largest absolute Gasteiger partial charge is 0.548 e. The molecule has 0 aliphatic rings. The highest BCUT2D eigenvalue weighted by Gasteiger charge is 2.25. The number of aliphatic hydroxyl groups excluding tert-OH is 1. The lowest BCUT2D eigenvalue weighted by atomic mass is 10.2. The first-order valence-electron chi connectivity index (χ1n) is 5.18. The van der Waals surface area contributed by atoms with Crippen LogP contribution in [-0.4, -0.2) is 38.1 Å². The van der Waals surface area contributed by atoms with Crippen molar-refractivity contribution < 1.29 is 24.9 Å². The summed E-state index contributed by atoms with van der Waals surface area (Å²) in [5.41, 5.74) is -1.41. The Bertz CT molecular complexity index is 559. The summed E-state index contributed by atoms with van der Waals surface area (Å²) in [5.74, 6) is -2.22. The second-order valence-corrected chi connectivity index (χ2v) is 3.76. The van der Waals surface area contributed by atoms with Crippen molar-refractivity contribution in [2.24, 2.45) is 0 Å². The maximum Gasteiger partial charge on any atom is 0.318 e. The highest BCUT2D eigenvalue weighted by molar-refractivity contribution is 5.77. The third-order valence-corrected chi connectivity index (χ3v) is 2.29. The lowest BCUT2D eigenvalue weighted by molar-refractivity contribution is -0.394. The van der Waals surface area contributed by atoms with Crippen LogP contribution >= 0.6 is 0 Å². The molecule has 108 valence electrons. The minimum absolute atomic E-state index is 0.518. The molecule has 0 aromatic carbocycles. The number of aliphatic hydroxyl groups is 1. The van der Waals surface area contributed by atoms with Gasteiger partial charge in [-0.3, -0.25) is 20.2 Å². The van der Waals surface area contributed by atoms with E-state index in [1.165, 1.54) is 0 Å². The van der Waals surface area contributed by atoms with E-state index in [0.29, 0.717) is 6.07 Å². The number of anilines is 1. The van der Waals surface area contributed by atoms with Gasteiger partial charge in [0.25, 0.3) is 5.69 Å². The number of aliphatic carboxylic acids is 1. The highest BCUT2D eigenvalue weighted by Crippen LogP contribution is 2.26. The van der Waals surface area contributed by atoms with Crippen LogP contribution in [0.4, 0.5) is 17.2 Å². The molecule has 1 rings (SSSR count). The van der Waals surface area contributed by atoms with Gasteiger partial charge >= 0.3 is 5.69 Å². The fourth-order valence-electron chi connectivity index (χ4n) is 1.32. The zero-order valence-electron chi connectivity index (χ0n) is 10.0. The summed E-state index contributed by atoms with van der Waals surface area (Å²) >= 11 is 0. The standard InChI is InChI=1S/C9H10N4O7/c1-4(14)7(9(15)16)11-8-6(13(19)20)2-5(3-10-8)12(17)18/h2-4,7,14H,1H3,(H,10,11)(H,15,16)/p-1. The van der Waals surface area contributed by atoms with Crippen LogP contribution in [0, 0.1) is 20.2 Å². The molecular weight excluding hydrogens is 276 g/mol. The first-order valence-corrected chi connectivity index (χ1v) is 5.18. The summed E-state index contributed by atoms with van der Waals surface area (Å²) in [6, 6.07) is -1.02. The Kier molecular flexibility index (Phi) is 4.48. The van der Waals surface area contributed by atoms with E-state index >= 15 is 0 Å². The van der Waals surface area contributed by atoms with Crippen LogP contribution in [0.5, 0.6) is 0 Å². The van der Waals surface area contributed by atoms with Gasteiger partial charge in [-0.05, 0) is 6.92 Å². The molecule has 20 heavy (non-hydrogen) atoms. The van der Waals surface area contributed by atoms with E-state index in [0.717, 1.165) is 13.1 Å². The zero-order chi connectivity index (χ0) is 15.4. The molecule has 0 aliphatic carbocycles. The number of carbonyl (C=O) groups excluding carboxylic acids is 1. The quantitative estimate of drug-likeness (QED) is 0.481. The van der Waals surface area contributed by atoms with Crippen LogP contribution in [0.15, 0.2) is 12.3 Å². The van der Waals surface area contributed by atoms with Gasteiger partial charge in [-0.15, -0.1) is 0 Å². The van der Waals surface area contributed by atoms with E-state index in [9.17, 15) is 35.2 Å². The molecule has 2 atom stereocenters. The number of hydrogen-bond acceptors (Lipinski definition) is 9. The van der Waals surface area contributed by atoms with Crippen molar-refractivity contribution in [3.8, 4) is 0 Å². The van der Waals surface area contributed by atoms with Crippen LogP contribution in [0.2, 0.25) is 0 Å². The van der Waals surface area contributed by atoms with E-state index in [4.69, 9.17) is 0 Å². The van der Waals surface area contributed by atoms with Gasteiger partial charge < -0.3 is 20.3 Å². The normalized spacial score (nSPS) is 13.3. The Hall–Kier alpha value is -2.82. The average molecular weight is 285 g/mol. The Morgan fingerprint density at radius 3 is 2.40 bits per heavy atom. The lowest BCUT2D eigenvalue weighted by Gasteiger charge is -2.22. The topological polar surface area (TPSA) is 172 Å². The molecule has 0 fully saturated rings. The minimum atomic E-state index is -1.70. The lowest BCUT2D eigenvalue weighted by Crippen LogP contribution is -2.47. The van der Waals surface area contributed by atoms with Crippen LogP contribution in [0.1, 0.15) is 6.92 Å². The molecule has 0 radical (unpaired) electrons. The van der Waals surface area contributed by atoms with Gasteiger partial charge in [0, 0.05) is 0 Å². The Morgan fingerprint density at radius 2 is 2.00 bits per heavy atom. The summed E-state index contributed by atoms with van der Waals surface area (Å²) in [5, 5.41) is 43.4.